The molecule has 2 rings (SSSR count). The van der Waals surface area contributed by atoms with Gasteiger partial charge in [-0.25, -0.2) is 8.78 Å². The second-order valence-corrected chi connectivity index (χ2v) is 6.97. The molecule has 0 saturated carbocycles. The van der Waals surface area contributed by atoms with Gasteiger partial charge in [0.25, 0.3) is 0 Å². The molecular weight excluding hydrogens is 388 g/mol. The Bertz CT molecular complexity index is 571. The molecule has 1 nitrogen and oxygen atoms in total. The van der Waals surface area contributed by atoms with Gasteiger partial charge in [-0.1, -0.05) is 0 Å². The molecule has 2 aromatic rings. The van der Waals surface area contributed by atoms with E-state index in [4.69, 9.17) is 0 Å². The van der Waals surface area contributed by atoms with Crippen LogP contribution in [-0.2, 0) is 0 Å². The molecule has 18 heavy (non-hydrogen) atoms. The normalized spacial score (nSPS) is 12.7. The zero-order valence-electron chi connectivity index (χ0n) is 9.31. The van der Waals surface area contributed by atoms with Gasteiger partial charge < -0.3 is 5.32 Å². The van der Waals surface area contributed by atoms with Crippen LogP contribution in [0, 0.1) is 11.6 Å². The third kappa shape index (κ3) is 2.66. The summed E-state index contributed by atoms with van der Waals surface area (Å²) in [5.41, 5.74) is 0.0289. The highest BCUT2D eigenvalue weighted by Gasteiger charge is 2.23. The molecule has 0 aliphatic heterocycles. The van der Waals surface area contributed by atoms with E-state index in [1.54, 1.807) is 7.05 Å². The summed E-state index contributed by atoms with van der Waals surface area (Å²) in [7, 11) is 1.68. The highest BCUT2D eigenvalue weighted by molar-refractivity contribution is 9.11. The van der Waals surface area contributed by atoms with Gasteiger partial charge in [-0.2, -0.15) is 0 Å². The lowest BCUT2D eigenvalue weighted by atomic mass is 10.0. The molecule has 0 saturated heterocycles. The first-order chi connectivity index (χ1) is 8.54. The molecule has 1 aromatic heterocycles. The van der Waals surface area contributed by atoms with Crippen molar-refractivity contribution in [1.82, 2.24) is 5.32 Å². The molecule has 1 atom stereocenters. The van der Waals surface area contributed by atoms with Crippen LogP contribution in [0.25, 0.3) is 0 Å². The van der Waals surface area contributed by atoms with Gasteiger partial charge in [-0.3, -0.25) is 0 Å². The van der Waals surface area contributed by atoms with Crippen LogP contribution in [0.4, 0.5) is 8.78 Å². The summed E-state index contributed by atoms with van der Waals surface area (Å²) in [5, 5.41) is 2.95. The van der Waals surface area contributed by atoms with Crippen LogP contribution in [0.1, 0.15) is 16.5 Å². The van der Waals surface area contributed by atoms with Gasteiger partial charge in [0.2, 0.25) is 0 Å². The number of nitrogens with one attached hydrogen (secondary N) is 1. The van der Waals surface area contributed by atoms with Crippen LogP contribution in [0.5, 0.6) is 0 Å². The predicted molar refractivity (Wildman–Crippen MR) is 77.0 cm³/mol. The maximum atomic E-state index is 14.1. The monoisotopic (exact) mass is 395 g/mol. The highest BCUT2D eigenvalue weighted by atomic mass is 79.9. The Kier molecular flexibility index (Phi) is 4.53. The first-order valence-electron chi connectivity index (χ1n) is 5.10. The van der Waals surface area contributed by atoms with Crippen molar-refractivity contribution in [2.45, 2.75) is 6.04 Å². The number of thiophene rings is 1. The third-order valence-corrected chi connectivity index (χ3v) is 4.84. The summed E-state index contributed by atoms with van der Waals surface area (Å²) < 4.78 is 29.1. The molecule has 6 heteroatoms. The molecule has 0 bridgehead atoms. The van der Waals surface area contributed by atoms with Crippen LogP contribution in [0.2, 0.25) is 0 Å². The number of hydrogen-bond acceptors (Lipinski definition) is 2. The standard InChI is InChI=1S/C12H9Br2F2NS/c1-17-12(8-4-5-9(14)18-8)10-7(15)3-2-6(13)11(10)16/h2-5,12,17H,1H3. The fraction of sp³-hybridized carbons (Fsp3) is 0.167. The first-order valence-corrected chi connectivity index (χ1v) is 7.50. The van der Waals surface area contributed by atoms with Gasteiger partial charge in [0.1, 0.15) is 11.6 Å². The fourth-order valence-electron chi connectivity index (χ4n) is 1.72. The second-order valence-electron chi connectivity index (χ2n) is 3.62. The molecule has 96 valence electrons. The summed E-state index contributed by atoms with van der Waals surface area (Å²) in [6.45, 7) is 0. The Labute approximate surface area is 124 Å². The van der Waals surface area contributed by atoms with Crippen molar-refractivity contribution in [3.63, 3.8) is 0 Å². The molecule has 0 aliphatic rings. The van der Waals surface area contributed by atoms with E-state index in [9.17, 15) is 8.78 Å². The molecule has 1 N–H and O–H groups in total. The van der Waals surface area contributed by atoms with Crippen molar-refractivity contribution in [3.05, 3.63) is 54.6 Å². The summed E-state index contributed by atoms with van der Waals surface area (Å²) in [6, 6.07) is 5.83. The number of rotatable bonds is 3. The van der Waals surface area contributed by atoms with Crippen molar-refractivity contribution in [2.24, 2.45) is 0 Å². The minimum Gasteiger partial charge on any atom is -0.308 e. The van der Waals surface area contributed by atoms with Gasteiger partial charge in [0.15, 0.2) is 0 Å². The smallest absolute Gasteiger partial charge is 0.145 e. The van der Waals surface area contributed by atoms with Crippen molar-refractivity contribution >= 4 is 43.2 Å². The van der Waals surface area contributed by atoms with Crippen LogP contribution in [-0.4, -0.2) is 7.05 Å². The second kappa shape index (κ2) is 5.77. The van der Waals surface area contributed by atoms with Crippen molar-refractivity contribution in [1.29, 1.82) is 0 Å². The highest BCUT2D eigenvalue weighted by Crippen LogP contribution is 2.35. The Balaban J connectivity index is 2.55. The number of benzene rings is 1. The van der Waals surface area contributed by atoms with Crippen LogP contribution < -0.4 is 5.32 Å². The Morgan fingerprint density at radius 2 is 1.89 bits per heavy atom. The van der Waals surface area contributed by atoms with E-state index in [2.05, 4.69) is 37.2 Å². The topological polar surface area (TPSA) is 12.0 Å². The summed E-state index contributed by atoms with van der Waals surface area (Å²) >= 11 is 7.87. The molecule has 0 radical (unpaired) electrons. The van der Waals surface area contributed by atoms with E-state index >= 15 is 0 Å². The zero-order chi connectivity index (χ0) is 13.3. The Morgan fingerprint density at radius 3 is 2.44 bits per heavy atom. The molecule has 0 spiro atoms. The van der Waals surface area contributed by atoms with Crippen molar-refractivity contribution < 1.29 is 8.78 Å². The van der Waals surface area contributed by atoms with E-state index in [-0.39, 0.29) is 10.0 Å². The molecule has 0 aliphatic carbocycles. The quantitative estimate of drug-likeness (QED) is 0.730. The molecule has 1 aromatic carbocycles. The zero-order valence-corrected chi connectivity index (χ0v) is 13.3. The molecule has 1 unspecified atom stereocenters. The van der Waals surface area contributed by atoms with E-state index in [1.807, 2.05) is 12.1 Å². The van der Waals surface area contributed by atoms with Crippen LogP contribution in [0.15, 0.2) is 32.5 Å². The molecular formula is C12H9Br2F2NS. The maximum Gasteiger partial charge on any atom is 0.145 e. The lowest BCUT2D eigenvalue weighted by Crippen LogP contribution is -2.19. The lowest BCUT2D eigenvalue weighted by molar-refractivity contribution is 0.521. The van der Waals surface area contributed by atoms with Crippen LogP contribution in [0.3, 0.4) is 0 Å². The molecule has 0 fully saturated rings. The summed E-state index contributed by atoms with van der Waals surface area (Å²) in [6.07, 6.45) is 0. The minimum absolute atomic E-state index is 0.0289. The van der Waals surface area contributed by atoms with Gasteiger partial charge in [-0.05, 0) is 63.2 Å². The van der Waals surface area contributed by atoms with Crippen molar-refractivity contribution in [2.75, 3.05) is 7.05 Å². The first kappa shape index (κ1) is 14.1. The SMILES string of the molecule is CNC(c1ccc(Br)s1)c1c(F)ccc(Br)c1F. The van der Waals surface area contributed by atoms with Gasteiger partial charge in [0.05, 0.1) is 14.3 Å². The van der Waals surface area contributed by atoms with Gasteiger partial charge in [0, 0.05) is 10.4 Å². The van der Waals surface area contributed by atoms with E-state index < -0.39 is 17.7 Å². The molecule has 1 heterocycles. The lowest BCUT2D eigenvalue weighted by Gasteiger charge is -2.17. The average molecular weight is 397 g/mol. The fourth-order valence-corrected chi connectivity index (χ4v) is 3.61. The van der Waals surface area contributed by atoms with Crippen molar-refractivity contribution in [3.8, 4) is 0 Å². The maximum absolute atomic E-state index is 14.1. The number of halogens is 4. The average Bonchev–Trinajstić information content (AvgIpc) is 2.76. The number of hydrogen-bond donors (Lipinski definition) is 1. The Hall–Kier alpha value is -0.300. The van der Waals surface area contributed by atoms with E-state index in [0.717, 1.165) is 8.66 Å². The van der Waals surface area contributed by atoms with E-state index in [1.165, 1.54) is 23.5 Å². The van der Waals surface area contributed by atoms with Crippen LogP contribution >= 0.6 is 43.2 Å². The summed E-state index contributed by atoms with van der Waals surface area (Å²) in [4.78, 5) is 0.847. The minimum atomic E-state index is -0.570. The largest absolute Gasteiger partial charge is 0.308 e. The van der Waals surface area contributed by atoms with Gasteiger partial charge >= 0.3 is 0 Å². The van der Waals surface area contributed by atoms with E-state index in [0.29, 0.717) is 0 Å². The third-order valence-electron chi connectivity index (χ3n) is 2.54. The predicted octanol–water partition coefficient (Wildman–Crippen LogP) is 4.86. The van der Waals surface area contributed by atoms with Gasteiger partial charge in [-0.15, -0.1) is 11.3 Å². The molecule has 0 amide bonds. The summed E-state index contributed by atoms with van der Waals surface area (Å²) in [5.74, 6) is -1.13. The Morgan fingerprint density at radius 1 is 1.17 bits per heavy atom.